The first kappa shape index (κ1) is 35.5. The molecule has 0 aliphatic carbocycles. The van der Waals surface area contributed by atoms with Gasteiger partial charge < -0.3 is 24.5 Å². The van der Waals surface area contributed by atoms with Crippen LogP contribution in [0, 0.1) is 25.7 Å². The van der Waals surface area contributed by atoms with Crippen LogP contribution in [0.2, 0.25) is 0 Å². The first-order valence-electron chi connectivity index (χ1n) is 17.5. The summed E-state index contributed by atoms with van der Waals surface area (Å²) in [6.07, 6.45) is 5.11. The number of ether oxygens (including phenoxy) is 1. The molecule has 0 aromatic heterocycles. The van der Waals surface area contributed by atoms with E-state index < -0.39 is 28.7 Å². The van der Waals surface area contributed by atoms with Gasteiger partial charge >= 0.3 is 0 Å². The highest BCUT2D eigenvalue weighted by molar-refractivity contribution is 8.02. The maximum Gasteiger partial charge on any atom is 0.251 e. The summed E-state index contributed by atoms with van der Waals surface area (Å²) in [5.74, 6) is -1.26. The van der Waals surface area contributed by atoms with Gasteiger partial charge in [-0.05, 0) is 81.0 Å². The predicted octanol–water partition coefficient (Wildman–Crippen LogP) is 6.14. The third kappa shape index (κ3) is 6.15. The Morgan fingerprint density at radius 2 is 1.64 bits per heavy atom. The van der Waals surface area contributed by atoms with E-state index in [9.17, 15) is 9.90 Å². The highest BCUT2D eigenvalue weighted by atomic mass is 32.2. The average Bonchev–Trinajstić information content (AvgIpc) is 3.77. The third-order valence-corrected chi connectivity index (χ3v) is 12.5. The quantitative estimate of drug-likeness (QED) is 0.204. The Bertz CT molecular complexity index is 1730. The number of para-hydroxylation sites is 1. The van der Waals surface area contributed by atoms with Crippen molar-refractivity contribution in [3.05, 3.63) is 115 Å². The van der Waals surface area contributed by atoms with Crippen molar-refractivity contribution < 1.29 is 24.2 Å². The highest BCUT2D eigenvalue weighted by Crippen LogP contribution is 2.67. The molecule has 0 saturated carbocycles. The average molecular weight is 694 g/mol. The number of aliphatic hydroxyl groups excluding tert-OH is 1. The van der Waals surface area contributed by atoms with Crippen molar-refractivity contribution in [3.63, 3.8) is 0 Å². The number of thioether (sulfide) groups is 1. The van der Waals surface area contributed by atoms with E-state index in [1.54, 1.807) is 38.6 Å². The Labute approximate surface area is 299 Å². The fourth-order valence-electron chi connectivity index (χ4n) is 8.50. The molecule has 3 aliphatic heterocycles. The van der Waals surface area contributed by atoms with Crippen molar-refractivity contribution >= 4 is 40.9 Å². The number of anilines is 2. The lowest BCUT2D eigenvalue weighted by atomic mass is 9.70. The van der Waals surface area contributed by atoms with Crippen molar-refractivity contribution in [1.82, 2.24) is 4.90 Å². The summed E-state index contributed by atoms with van der Waals surface area (Å²) in [5, 5.41) is 10.8. The molecule has 8 nitrogen and oxygen atoms in total. The largest absolute Gasteiger partial charge is 0.494 e. The summed E-state index contributed by atoms with van der Waals surface area (Å²) in [7, 11) is 0. The van der Waals surface area contributed by atoms with Crippen LogP contribution in [-0.4, -0.2) is 76.1 Å². The summed E-state index contributed by atoms with van der Waals surface area (Å²) in [5.41, 5.74) is 4.33. The standard InChI is InChI=1S/C41H47N3O5S/c1-6-23-42(30-17-19-32(20-18-30)49-8-3)38(46)34-33-21-22-41(50-33)35(34)39(47)44(31(26-45)25-29-15-10-9-11-16-29)37(41)40(48)43(24-7-2)36-27(4)13-12-14-28(36)5/h6-7,9-20,31,33-35,37,45H,1-2,8,21-26H2,3-5H3/t31-,33-,34+,35+,37?,41?/m1/s1. The van der Waals surface area contributed by atoms with Gasteiger partial charge in [0.15, 0.2) is 0 Å². The van der Waals surface area contributed by atoms with Crippen LogP contribution in [0.1, 0.15) is 36.5 Å². The second kappa shape index (κ2) is 14.9. The topological polar surface area (TPSA) is 90.4 Å². The summed E-state index contributed by atoms with van der Waals surface area (Å²) in [4.78, 5) is 50.3. The van der Waals surface area contributed by atoms with E-state index in [0.717, 1.165) is 22.4 Å². The summed E-state index contributed by atoms with van der Waals surface area (Å²) in [6.45, 7) is 14.5. The van der Waals surface area contributed by atoms with Crippen LogP contribution >= 0.6 is 11.8 Å². The number of fused-ring (bicyclic) bond motifs is 1. The molecule has 262 valence electrons. The van der Waals surface area contributed by atoms with Crippen LogP contribution in [0.25, 0.3) is 0 Å². The molecule has 3 aromatic rings. The van der Waals surface area contributed by atoms with Crippen molar-refractivity contribution in [2.24, 2.45) is 11.8 Å². The molecule has 3 saturated heterocycles. The number of rotatable bonds is 14. The van der Waals surface area contributed by atoms with Gasteiger partial charge in [-0.2, -0.15) is 0 Å². The number of hydrogen-bond acceptors (Lipinski definition) is 6. The van der Waals surface area contributed by atoms with Crippen LogP contribution in [-0.2, 0) is 20.8 Å². The molecule has 9 heteroatoms. The van der Waals surface area contributed by atoms with Crippen LogP contribution in [0.5, 0.6) is 5.75 Å². The monoisotopic (exact) mass is 693 g/mol. The molecule has 3 fully saturated rings. The lowest BCUT2D eigenvalue weighted by Crippen LogP contribution is -2.58. The maximum absolute atomic E-state index is 15.3. The molecule has 0 radical (unpaired) electrons. The Hall–Kier alpha value is -4.34. The predicted molar refractivity (Wildman–Crippen MR) is 201 cm³/mol. The number of likely N-dealkylation sites (tertiary alicyclic amines) is 1. The molecule has 3 aromatic carbocycles. The minimum Gasteiger partial charge on any atom is -0.494 e. The van der Waals surface area contributed by atoms with Crippen LogP contribution in [0.4, 0.5) is 11.4 Å². The Balaban J connectivity index is 1.45. The zero-order valence-corrected chi connectivity index (χ0v) is 30.0. The number of aliphatic hydroxyl groups is 1. The number of benzene rings is 3. The van der Waals surface area contributed by atoms with E-state index in [0.29, 0.717) is 37.3 Å². The van der Waals surface area contributed by atoms with E-state index in [2.05, 4.69) is 13.2 Å². The lowest BCUT2D eigenvalue weighted by molar-refractivity contribution is -0.141. The van der Waals surface area contributed by atoms with Gasteiger partial charge in [0, 0.05) is 29.7 Å². The summed E-state index contributed by atoms with van der Waals surface area (Å²) in [6, 6.07) is 21.5. The summed E-state index contributed by atoms with van der Waals surface area (Å²) < 4.78 is 4.80. The zero-order valence-electron chi connectivity index (χ0n) is 29.2. The van der Waals surface area contributed by atoms with Gasteiger partial charge in [-0.1, -0.05) is 60.7 Å². The van der Waals surface area contributed by atoms with E-state index in [1.165, 1.54) is 0 Å². The van der Waals surface area contributed by atoms with Crippen LogP contribution < -0.4 is 14.5 Å². The smallest absolute Gasteiger partial charge is 0.251 e. The molecule has 1 spiro atoms. The molecule has 3 aliphatic rings. The second-order valence-corrected chi connectivity index (χ2v) is 15.1. The van der Waals surface area contributed by atoms with Crippen molar-refractivity contribution in [3.8, 4) is 5.75 Å². The molecule has 6 atom stereocenters. The SMILES string of the molecule is C=CCN(C(=O)[C@@H]1[C@H]2C(=O)N([C@@H](CO)Cc3ccccc3)C(C(=O)N(CC=C)c3c(C)cccc3C)C23CC[C@H]1S3)c1ccc(OCC)cc1. The van der Waals surface area contributed by atoms with Crippen molar-refractivity contribution in [1.29, 1.82) is 0 Å². The Morgan fingerprint density at radius 3 is 2.26 bits per heavy atom. The van der Waals surface area contributed by atoms with Gasteiger partial charge in [-0.25, -0.2) is 0 Å². The number of carbonyl (C=O) groups is 3. The molecule has 6 rings (SSSR count). The normalized spacial score (nSPS) is 24.1. The van der Waals surface area contributed by atoms with Crippen molar-refractivity contribution in [2.75, 3.05) is 36.1 Å². The number of aryl methyl sites for hydroxylation is 2. The number of carbonyl (C=O) groups excluding carboxylic acids is 3. The molecule has 3 amide bonds. The fourth-order valence-corrected chi connectivity index (χ4v) is 10.7. The minimum absolute atomic E-state index is 0.126. The number of amides is 3. The van der Waals surface area contributed by atoms with Gasteiger partial charge in [0.2, 0.25) is 11.8 Å². The first-order valence-corrected chi connectivity index (χ1v) is 18.4. The van der Waals surface area contributed by atoms with Crippen LogP contribution in [0.15, 0.2) is 98.1 Å². The molecule has 50 heavy (non-hydrogen) atoms. The van der Waals surface area contributed by atoms with E-state index in [1.807, 2.05) is 93.6 Å². The number of nitrogens with zero attached hydrogens (tertiary/aromatic N) is 3. The summed E-state index contributed by atoms with van der Waals surface area (Å²) >= 11 is 1.63. The highest BCUT2D eigenvalue weighted by Gasteiger charge is 2.74. The first-order chi connectivity index (χ1) is 24.2. The maximum atomic E-state index is 15.3. The molecule has 2 unspecified atom stereocenters. The van der Waals surface area contributed by atoms with Gasteiger partial charge in [-0.3, -0.25) is 14.4 Å². The molecular formula is C41H47N3O5S. The van der Waals surface area contributed by atoms with Gasteiger partial charge in [0.1, 0.15) is 11.8 Å². The Kier molecular flexibility index (Phi) is 10.6. The lowest BCUT2D eigenvalue weighted by Gasteiger charge is -2.40. The zero-order chi connectivity index (χ0) is 35.6. The van der Waals surface area contributed by atoms with Crippen LogP contribution in [0.3, 0.4) is 0 Å². The number of hydrogen-bond donors (Lipinski definition) is 1. The van der Waals surface area contributed by atoms with Gasteiger partial charge in [0.25, 0.3) is 5.91 Å². The van der Waals surface area contributed by atoms with E-state index >= 15 is 9.59 Å². The minimum atomic E-state index is -0.883. The van der Waals surface area contributed by atoms with E-state index in [4.69, 9.17) is 4.74 Å². The third-order valence-electron chi connectivity index (χ3n) is 10.5. The Morgan fingerprint density at radius 1 is 0.980 bits per heavy atom. The van der Waals surface area contributed by atoms with E-state index in [-0.39, 0.29) is 42.7 Å². The van der Waals surface area contributed by atoms with Gasteiger partial charge in [-0.15, -0.1) is 24.9 Å². The second-order valence-electron chi connectivity index (χ2n) is 13.5. The molecular weight excluding hydrogens is 647 g/mol. The fraction of sp³-hybridized carbons (Fsp3) is 0.390. The molecule has 3 heterocycles. The molecule has 1 N–H and O–H groups in total. The molecule has 2 bridgehead atoms. The van der Waals surface area contributed by atoms with Crippen molar-refractivity contribution in [2.45, 2.75) is 62.1 Å². The van der Waals surface area contributed by atoms with Gasteiger partial charge in [0.05, 0.1) is 35.8 Å².